The van der Waals surface area contributed by atoms with Gasteiger partial charge in [0.05, 0.1) is 11.3 Å². The molecule has 1 unspecified atom stereocenters. The van der Waals surface area contributed by atoms with E-state index < -0.39 is 0 Å². The number of carbonyl (C=O) groups is 1. The summed E-state index contributed by atoms with van der Waals surface area (Å²) < 4.78 is 0. The number of hydrogen-bond acceptors (Lipinski definition) is 5. The number of aryl methyl sites for hydroxylation is 2. The van der Waals surface area contributed by atoms with Gasteiger partial charge in [-0.1, -0.05) is 0 Å². The van der Waals surface area contributed by atoms with Crippen molar-refractivity contribution >= 4 is 11.9 Å². The first-order valence-electron chi connectivity index (χ1n) is 8.40. The standard InChI is InChI=1S/C18H21N5O/c1-12-7-14(9-20-8-12)16(24)23-6-2-4-18(11-23)5-3-13-10-21-17(19)22-15(13)18/h7-10H,2-6,11H2,1H3,(H2,19,21,22). The highest BCUT2D eigenvalue weighted by Crippen LogP contribution is 2.44. The summed E-state index contributed by atoms with van der Waals surface area (Å²) in [5.41, 5.74) is 9.63. The number of pyridine rings is 1. The van der Waals surface area contributed by atoms with Gasteiger partial charge in [0.15, 0.2) is 0 Å². The summed E-state index contributed by atoms with van der Waals surface area (Å²) in [7, 11) is 0. The number of nitrogens with two attached hydrogens (primary N) is 1. The monoisotopic (exact) mass is 323 g/mol. The Morgan fingerprint density at radius 2 is 2.17 bits per heavy atom. The average molecular weight is 323 g/mol. The molecular formula is C18H21N5O. The van der Waals surface area contributed by atoms with E-state index in [4.69, 9.17) is 5.73 Å². The van der Waals surface area contributed by atoms with Crippen LogP contribution >= 0.6 is 0 Å². The van der Waals surface area contributed by atoms with Gasteiger partial charge in [0, 0.05) is 37.1 Å². The van der Waals surface area contributed by atoms with Gasteiger partial charge in [0.2, 0.25) is 5.95 Å². The summed E-state index contributed by atoms with van der Waals surface area (Å²) in [6.45, 7) is 3.43. The van der Waals surface area contributed by atoms with Gasteiger partial charge >= 0.3 is 0 Å². The van der Waals surface area contributed by atoms with Gasteiger partial charge in [-0.15, -0.1) is 0 Å². The van der Waals surface area contributed by atoms with Crippen LogP contribution in [0.25, 0.3) is 0 Å². The van der Waals surface area contributed by atoms with Crippen molar-refractivity contribution in [2.24, 2.45) is 0 Å². The number of anilines is 1. The highest BCUT2D eigenvalue weighted by atomic mass is 16.2. The predicted molar refractivity (Wildman–Crippen MR) is 90.6 cm³/mol. The van der Waals surface area contributed by atoms with Crippen LogP contribution in [0.4, 0.5) is 5.95 Å². The van der Waals surface area contributed by atoms with E-state index in [0.29, 0.717) is 18.1 Å². The molecule has 2 N–H and O–H groups in total. The quantitative estimate of drug-likeness (QED) is 0.866. The second kappa shape index (κ2) is 5.54. The first-order valence-corrected chi connectivity index (χ1v) is 8.40. The van der Waals surface area contributed by atoms with Crippen LogP contribution in [0.5, 0.6) is 0 Å². The number of rotatable bonds is 1. The maximum atomic E-state index is 12.9. The smallest absolute Gasteiger partial charge is 0.255 e. The predicted octanol–water partition coefficient (Wildman–Crippen LogP) is 1.88. The minimum atomic E-state index is -0.0719. The third-order valence-electron chi connectivity index (χ3n) is 5.24. The average Bonchev–Trinajstić information content (AvgIpc) is 2.92. The van der Waals surface area contributed by atoms with Crippen molar-refractivity contribution in [2.75, 3.05) is 18.8 Å². The van der Waals surface area contributed by atoms with E-state index in [-0.39, 0.29) is 11.3 Å². The Bertz CT molecular complexity index is 802. The zero-order chi connectivity index (χ0) is 16.7. The van der Waals surface area contributed by atoms with E-state index in [9.17, 15) is 4.79 Å². The summed E-state index contributed by atoms with van der Waals surface area (Å²) >= 11 is 0. The number of piperidine rings is 1. The topological polar surface area (TPSA) is 85.0 Å². The van der Waals surface area contributed by atoms with E-state index in [1.807, 2.05) is 24.1 Å². The van der Waals surface area contributed by atoms with Crippen LogP contribution < -0.4 is 5.73 Å². The Morgan fingerprint density at radius 3 is 3.00 bits per heavy atom. The Labute approximate surface area is 141 Å². The van der Waals surface area contributed by atoms with Gasteiger partial charge in [-0.25, -0.2) is 9.97 Å². The largest absolute Gasteiger partial charge is 0.368 e. The molecule has 3 heterocycles. The lowest BCUT2D eigenvalue weighted by atomic mass is 9.77. The molecule has 1 fully saturated rings. The number of carbonyl (C=O) groups excluding carboxylic acids is 1. The van der Waals surface area contributed by atoms with E-state index in [1.54, 1.807) is 12.4 Å². The first-order chi connectivity index (χ1) is 11.6. The molecule has 0 radical (unpaired) electrons. The van der Waals surface area contributed by atoms with Gasteiger partial charge in [-0.2, -0.15) is 0 Å². The Hall–Kier alpha value is -2.50. The lowest BCUT2D eigenvalue weighted by Gasteiger charge is -2.40. The molecule has 1 saturated heterocycles. The molecule has 24 heavy (non-hydrogen) atoms. The van der Waals surface area contributed by atoms with Crippen LogP contribution in [-0.2, 0) is 11.8 Å². The van der Waals surface area contributed by atoms with Crippen LogP contribution in [0.2, 0.25) is 0 Å². The number of aromatic nitrogens is 3. The number of likely N-dealkylation sites (tertiary alicyclic amines) is 1. The van der Waals surface area contributed by atoms with Crippen LogP contribution in [-0.4, -0.2) is 38.8 Å². The molecule has 1 atom stereocenters. The normalized spacial score (nSPS) is 22.6. The summed E-state index contributed by atoms with van der Waals surface area (Å²) in [6.07, 6.45) is 9.26. The molecule has 124 valence electrons. The van der Waals surface area contributed by atoms with Crippen LogP contribution in [0.1, 0.15) is 46.4 Å². The number of amides is 1. The van der Waals surface area contributed by atoms with E-state index >= 15 is 0 Å². The SMILES string of the molecule is Cc1cncc(C(=O)N2CCCC3(CCc4cnc(N)nc43)C2)c1. The van der Waals surface area contributed by atoms with Crippen molar-refractivity contribution in [3.8, 4) is 0 Å². The summed E-state index contributed by atoms with van der Waals surface area (Å²) in [6, 6.07) is 1.90. The Balaban J connectivity index is 1.64. The Morgan fingerprint density at radius 1 is 1.29 bits per heavy atom. The van der Waals surface area contributed by atoms with E-state index in [1.165, 1.54) is 5.56 Å². The van der Waals surface area contributed by atoms with Crippen molar-refractivity contribution in [2.45, 2.75) is 38.0 Å². The van der Waals surface area contributed by atoms with Gasteiger partial charge in [0.1, 0.15) is 0 Å². The number of hydrogen-bond donors (Lipinski definition) is 1. The fraction of sp³-hybridized carbons (Fsp3) is 0.444. The van der Waals surface area contributed by atoms with Crippen molar-refractivity contribution in [1.82, 2.24) is 19.9 Å². The molecule has 1 spiro atoms. The second-order valence-electron chi connectivity index (χ2n) is 6.96. The molecule has 1 amide bonds. The third-order valence-corrected chi connectivity index (χ3v) is 5.24. The lowest BCUT2D eigenvalue weighted by molar-refractivity contribution is 0.0633. The Kier molecular flexibility index (Phi) is 3.48. The minimum absolute atomic E-state index is 0.0563. The number of fused-ring (bicyclic) bond motifs is 2. The molecule has 0 saturated carbocycles. The summed E-state index contributed by atoms with van der Waals surface area (Å²) in [4.78, 5) is 27.6. The molecule has 0 bridgehead atoms. The zero-order valence-corrected chi connectivity index (χ0v) is 13.8. The number of nitrogens with zero attached hydrogens (tertiary/aromatic N) is 4. The molecule has 2 aromatic heterocycles. The van der Waals surface area contributed by atoms with Gasteiger partial charge in [-0.3, -0.25) is 9.78 Å². The number of nitrogen functional groups attached to an aromatic ring is 1. The van der Waals surface area contributed by atoms with Crippen molar-refractivity contribution < 1.29 is 4.79 Å². The zero-order valence-electron chi connectivity index (χ0n) is 13.8. The molecule has 6 heteroatoms. The minimum Gasteiger partial charge on any atom is -0.368 e. The maximum absolute atomic E-state index is 12.9. The van der Waals surface area contributed by atoms with E-state index in [0.717, 1.165) is 43.5 Å². The highest BCUT2D eigenvalue weighted by Gasteiger charge is 2.44. The molecule has 2 aromatic rings. The lowest BCUT2D eigenvalue weighted by Crippen LogP contribution is -2.48. The molecule has 4 rings (SSSR count). The highest BCUT2D eigenvalue weighted by molar-refractivity contribution is 5.94. The van der Waals surface area contributed by atoms with Crippen LogP contribution in [0.15, 0.2) is 24.7 Å². The van der Waals surface area contributed by atoms with Crippen LogP contribution in [0, 0.1) is 6.92 Å². The van der Waals surface area contributed by atoms with Crippen molar-refractivity contribution in [3.05, 3.63) is 47.0 Å². The maximum Gasteiger partial charge on any atom is 0.255 e. The van der Waals surface area contributed by atoms with Gasteiger partial charge in [0.25, 0.3) is 5.91 Å². The molecule has 2 aliphatic rings. The molecule has 6 nitrogen and oxygen atoms in total. The fourth-order valence-electron chi connectivity index (χ4n) is 4.11. The molecule has 1 aliphatic heterocycles. The molecule has 1 aliphatic carbocycles. The van der Waals surface area contributed by atoms with Crippen LogP contribution in [0.3, 0.4) is 0 Å². The fourth-order valence-corrected chi connectivity index (χ4v) is 4.11. The van der Waals surface area contributed by atoms with Crippen molar-refractivity contribution in [1.29, 1.82) is 0 Å². The molecular weight excluding hydrogens is 302 g/mol. The summed E-state index contributed by atoms with van der Waals surface area (Å²) in [5, 5.41) is 0. The van der Waals surface area contributed by atoms with Crippen molar-refractivity contribution in [3.63, 3.8) is 0 Å². The van der Waals surface area contributed by atoms with E-state index in [2.05, 4.69) is 15.0 Å². The third kappa shape index (κ3) is 2.42. The summed E-state index contributed by atoms with van der Waals surface area (Å²) in [5.74, 6) is 0.377. The van der Waals surface area contributed by atoms with Gasteiger partial charge < -0.3 is 10.6 Å². The molecule has 0 aromatic carbocycles. The first kappa shape index (κ1) is 15.1. The second-order valence-corrected chi connectivity index (χ2v) is 6.96. The van der Waals surface area contributed by atoms with Gasteiger partial charge in [-0.05, 0) is 49.8 Å².